The number of anilines is 2. The lowest BCUT2D eigenvalue weighted by molar-refractivity contribution is 0.589. The second-order valence-corrected chi connectivity index (χ2v) is 6.96. The van der Waals surface area contributed by atoms with Gasteiger partial charge in [-0.25, -0.2) is 4.98 Å². The van der Waals surface area contributed by atoms with Crippen LogP contribution >= 0.6 is 0 Å². The Bertz CT molecular complexity index is 591. The SMILES string of the molecule is CC(C)(C)c1ccc(N2CCN(c3ccccn3)CC2)cc1. The van der Waals surface area contributed by atoms with Crippen molar-refractivity contribution in [3.63, 3.8) is 0 Å². The van der Waals surface area contributed by atoms with Gasteiger partial charge in [0.1, 0.15) is 5.82 Å². The van der Waals surface area contributed by atoms with Gasteiger partial charge in [-0.3, -0.25) is 0 Å². The minimum Gasteiger partial charge on any atom is -0.368 e. The summed E-state index contributed by atoms with van der Waals surface area (Å²) in [4.78, 5) is 9.27. The fourth-order valence-electron chi connectivity index (χ4n) is 2.91. The summed E-state index contributed by atoms with van der Waals surface area (Å²) < 4.78 is 0. The zero-order valence-corrected chi connectivity index (χ0v) is 13.8. The summed E-state index contributed by atoms with van der Waals surface area (Å²) in [5.74, 6) is 1.09. The van der Waals surface area contributed by atoms with E-state index in [9.17, 15) is 0 Å². The Hall–Kier alpha value is -2.03. The molecule has 1 fully saturated rings. The van der Waals surface area contributed by atoms with Gasteiger partial charge in [0.25, 0.3) is 0 Å². The van der Waals surface area contributed by atoms with Crippen LogP contribution in [0.2, 0.25) is 0 Å². The van der Waals surface area contributed by atoms with E-state index in [4.69, 9.17) is 0 Å². The number of rotatable bonds is 2. The molecule has 116 valence electrons. The molecule has 1 aromatic carbocycles. The third kappa shape index (κ3) is 3.24. The van der Waals surface area contributed by atoms with Crippen molar-refractivity contribution in [2.45, 2.75) is 26.2 Å². The van der Waals surface area contributed by atoms with Crippen LogP contribution < -0.4 is 9.80 Å². The van der Waals surface area contributed by atoms with Crippen molar-refractivity contribution in [1.82, 2.24) is 4.98 Å². The number of nitrogens with zero attached hydrogens (tertiary/aromatic N) is 3. The topological polar surface area (TPSA) is 19.4 Å². The highest BCUT2D eigenvalue weighted by Gasteiger charge is 2.19. The smallest absolute Gasteiger partial charge is 0.128 e. The van der Waals surface area contributed by atoms with Gasteiger partial charge in [0.15, 0.2) is 0 Å². The number of hydrogen-bond donors (Lipinski definition) is 0. The summed E-state index contributed by atoms with van der Waals surface area (Å²) in [7, 11) is 0. The van der Waals surface area contributed by atoms with Gasteiger partial charge >= 0.3 is 0 Å². The number of hydrogen-bond acceptors (Lipinski definition) is 3. The molecule has 3 rings (SSSR count). The van der Waals surface area contributed by atoms with Crippen LogP contribution in [-0.4, -0.2) is 31.2 Å². The number of piperazine rings is 1. The van der Waals surface area contributed by atoms with Gasteiger partial charge in [-0.1, -0.05) is 39.0 Å². The fourth-order valence-corrected chi connectivity index (χ4v) is 2.91. The molecule has 0 radical (unpaired) electrons. The Morgan fingerprint density at radius 1 is 0.818 bits per heavy atom. The molecule has 0 aliphatic carbocycles. The molecule has 0 bridgehead atoms. The monoisotopic (exact) mass is 295 g/mol. The van der Waals surface area contributed by atoms with Crippen molar-refractivity contribution < 1.29 is 0 Å². The van der Waals surface area contributed by atoms with Crippen molar-refractivity contribution in [2.75, 3.05) is 36.0 Å². The first-order valence-electron chi connectivity index (χ1n) is 8.05. The van der Waals surface area contributed by atoms with Crippen LogP contribution in [0.5, 0.6) is 0 Å². The zero-order valence-electron chi connectivity index (χ0n) is 13.8. The zero-order chi connectivity index (χ0) is 15.6. The maximum absolute atomic E-state index is 4.45. The third-order valence-electron chi connectivity index (χ3n) is 4.35. The highest BCUT2D eigenvalue weighted by Crippen LogP contribution is 2.25. The van der Waals surface area contributed by atoms with Gasteiger partial charge < -0.3 is 9.80 Å². The number of aromatic nitrogens is 1. The fraction of sp³-hybridized carbons (Fsp3) is 0.421. The predicted molar refractivity (Wildman–Crippen MR) is 93.8 cm³/mol. The van der Waals surface area contributed by atoms with E-state index in [-0.39, 0.29) is 5.41 Å². The molecular formula is C19H25N3. The van der Waals surface area contributed by atoms with Gasteiger partial charge in [-0.2, -0.15) is 0 Å². The first-order chi connectivity index (χ1) is 10.5. The molecule has 0 N–H and O–H groups in total. The second kappa shape index (κ2) is 5.99. The third-order valence-corrected chi connectivity index (χ3v) is 4.35. The molecule has 1 aliphatic heterocycles. The predicted octanol–water partition coefficient (Wildman–Crippen LogP) is 3.71. The molecule has 1 aliphatic rings. The normalized spacial score (nSPS) is 16.0. The summed E-state index contributed by atoms with van der Waals surface area (Å²) >= 11 is 0. The first-order valence-corrected chi connectivity index (χ1v) is 8.05. The van der Waals surface area contributed by atoms with Crippen molar-refractivity contribution in [3.05, 3.63) is 54.2 Å². The summed E-state index contributed by atoms with van der Waals surface area (Å²) in [6, 6.07) is 15.2. The van der Waals surface area contributed by atoms with Crippen molar-refractivity contribution in [1.29, 1.82) is 0 Å². The molecule has 1 saturated heterocycles. The van der Waals surface area contributed by atoms with E-state index in [0.29, 0.717) is 0 Å². The van der Waals surface area contributed by atoms with Crippen LogP contribution in [0.25, 0.3) is 0 Å². The molecule has 3 nitrogen and oxygen atoms in total. The minimum atomic E-state index is 0.218. The minimum absolute atomic E-state index is 0.218. The lowest BCUT2D eigenvalue weighted by Gasteiger charge is -2.37. The Morgan fingerprint density at radius 2 is 1.45 bits per heavy atom. The molecule has 0 saturated carbocycles. The Kier molecular flexibility index (Phi) is 4.06. The molecule has 0 spiro atoms. The molecule has 0 unspecified atom stereocenters. The van der Waals surface area contributed by atoms with Gasteiger partial charge in [0.2, 0.25) is 0 Å². The highest BCUT2D eigenvalue weighted by atomic mass is 15.3. The summed E-state index contributed by atoms with van der Waals surface area (Å²) in [5, 5.41) is 0. The Labute approximate surface area is 133 Å². The van der Waals surface area contributed by atoms with Crippen LogP contribution in [0.15, 0.2) is 48.7 Å². The molecule has 2 heterocycles. The molecule has 2 aromatic rings. The molecule has 0 atom stereocenters. The van der Waals surface area contributed by atoms with Gasteiger partial charge in [0.05, 0.1) is 0 Å². The van der Waals surface area contributed by atoms with E-state index in [0.717, 1.165) is 32.0 Å². The molecule has 1 aromatic heterocycles. The van der Waals surface area contributed by atoms with Crippen molar-refractivity contribution in [3.8, 4) is 0 Å². The van der Waals surface area contributed by atoms with E-state index < -0.39 is 0 Å². The molecule has 0 amide bonds. The highest BCUT2D eigenvalue weighted by molar-refractivity contribution is 5.51. The average molecular weight is 295 g/mol. The van der Waals surface area contributed by atoms with Crippen LogP contribution in [0.1, 0.15) is 26.3 Å². The van der Waals surface area contributed by atoms with E-state index in [1.807, 2.05) is 12.3 Å². The van der Waals surface area contributed by atoms with Crippen LogP contribution in [0.4, 0.5) is 11.5 Å². The first kappa shape index (κ1) is 14.9. The molecule has 3 heteroatoms. The van der Waals surface area contributed by atoms with Gasteiger partial charge in [-0.05, 0) is 35.2 Å². The van der Waals surface area contributed by atoms with Gasteiger partial charge in [-0.15, -0.1) is 0 Å². The van der Waals surface area contributed by atoms with E-state index in [1.165, 1.54) is 11.3 Å². The number of pyridine rings is 1. The summed E-state index contributed by atoms with van der Waals surface area (Å²) in [5.41, 5.74) is 2.94. The van der Waals surface area contributed by atoms with Crippen molar-refractivity contribution >= 4 is 11.5 Å². The lowest BCUT2D eigenvalue weighted by Crippen LogP contribution is -2.46. The summed E-state index contributed by atoms with van der Waals surface area (Å²) in [6.45, 7) is 10.9. The average Bonchev–Trinajstić information content (AvgIpc) is 2.55. The van der Waals surface area contributed by atoms with Crippen LogP contribution in [-0.2, 0) is 5.41 Å². The second-order valence-electron chi connectivity index (χ2n) is 6.96. The quantitative estimate of drug-likeness (QED) is 0.842. The molecular weight excluding hydrogens is 270 g/mol. The van der Waals surface area contributed by atoms with Gasteiger partial charge in [0, 0.05) is 38.1 Å². The Balaban J connectivity index is 1.64. The number of benzene rings is 1. The van der Waals surface area contributed by atoms with E-state index >= 15 is 0 Å². The lowest BCUT2D eigenvalue weighted by atomic mass is 9.87. The van der Waals surface area contributed by atoms with Crippen molar-refractivity contribution in [2.24, 2.45) is 0 Å². The Morgan fingerprint density at radius 3 is 2.00 bits per heavy atom. The maximum atomic E-state index is 4.45. The maximum Gasteiger partial charge on any atom is 0.128 e. The van der Waals surface area contributed by atoms with E-state index in [1.54, 1.807) is 0 Å². The largest absolute Gasteiger partial charge is 0.368 e. The van der Waals surface area contributed by atoms with Crippen LogP contribution in [0, 0.1) is 0 Å². The molecule has 22 heavy (non-hydrogen) atoms. The van der Waals surface area contributed by atoms with E-state index in [2.05, 4.69) is 72.0 Å². The van der Waals surface area contributed by atoms with Crippen LogP contribution in [0.3, 0.4) is 0 Å². The summed E-state index contributed by atoms with van der Waals surface area (Å²) in [6.07, 6.45) is 1.87. The standard InChI is InChI=1S/C19H25N3/c1-19(2,3)16-7-9-17(10-8-16)21-12-14-22(15-13-21)18-6-4-5-11-20-18/h4-11H,12-15H2,1-3H3.